The third kappa shape index (κ3) is 4.17. The smallest absolute Gasteiger partial charge is 0.315 e. The fourth-order valence-electron chi connectivity index (χ4n) is 3.02. The van der Waals surface area contributed by atoms with Crippen LogP contribution < -0.4 is 15.5 Å². The fraction of sp³-hybridized carbons (Fsp3) is 0.389. The first-order valence-corrected chi connectivity index (χ1v) is 8.43. The van der Waals surface area contributed by atoms with Gasteiger partial charge < -0.3 is 15.5 Å². The summed E-state index contributed by atoms with van der Waals surface area (Å²) in [5.74, 6) is -0.0955. The Morgan fingerprint density at radius 1 is 1.40 bits per heavy atom. The summed E-state index contributed by atoms with van der Waals surface area (Å²) in [4.78, 5) is 26.1. The number of carbonyl (C=O) groups excluding carboxylic acids is 2. The highest BCUT2D eigenvalue weighted by Gasteiger charge is 2.34. The van der Waals surface area contributed by atoms with Crippen LogP contribution in [0.3, 0.4) is 0 Å². The molecule has 0 unspecified atom stereocenters. The van der Waals surface area contributed by atoms with Crippen LogP contribution in [0.5, 0.6) is 0 Å². The Labute approximate surface area is 147 Å². The molecule has 0 saturated carbocycles. The zero-order valence-electron chi connectivity index (χ0n) is 14.5. The number of benzene rings is 1. The molecule has 7 nitrogen and oxygen atoms in total. The van der Waals surface area contributed by atoms with Crippen LogP contribution in [0.1, 0.15) is 17.5 Å². The topological polar surface area (TPSA) is 79.3 Å². The molecule has 2 aromatic rings. The van der Waals surface area contributed by atoms with Gasteiger partial charge in [-0.3, -0.25) is 9.48 Å². The number of aromatic nitrogens is 2. The van der Waals surface area contributed by atoms with Gasteiger partial charge in [0.25, 0.3) is 0 Å². The van der Waals surface area contributed by atoms with Crippen molar-refractivity contribution in [3.8, 4) is 0 Å². The summed E-state index contributed by atoms with van der Waals surface area (Å²) in [6.45, 7) is 3.16. The molecule has 0 bridgehead atoms. The van der Waals surface area contributed by atoms with Crippen molar-refractivity contribution in [2.24, 2.45) is 7.05 Å². The molecule has 25 heavy (non-hydrogen) atoms. The summed E-state index contributed by atoms with van der Waals surface area (Å²) >= 11 is 0. The van der Waals surface area contributed by atoms with E-state index >= 15 is 0 Å². The van der Waals surface area contributed by atoms with Gasteiger partial charge in [-0.05, 0) is 25.3 Å². The van der Waals surface area contributed by atoms with E-state index < -0.39 is 6.04 Å². The first kappa shape index (κ1) is 17.0. The first-order chi connectivity index (χ1) is 12.0. The first-order valence-electron chi connectivity index (χ1n) is 8.43. The van der Waals surface area contributed by atoms with E-state index in [0.717, 1.165) is 12.1 Å². The maximum Gasteiger partial charge on any atom is 0.315 e. The van der Waals surface area contributed by atoms with Gasteiger partial charge in [-0.25, -0.2) is 4.79 Å². The summed E-state index contributed by atoms with van der Waals surface area (Å²) in [6, 6.07) is 7.40. The Bertz CT molecular complexity index is 770. The molecule has 3 rings (SSSR count). The van der Waals surface area contributed by atoms with Crippen LogP contribution in [0.15, 0.2) is 36.7 Å². The summed E-state index contributed by atoms with van der Waals surface area (Å²) in [5.41, 5.74) is 3.14. The van der Waals surface area contributed by atoms with Crippen molar-refractivity contribution in [1.29, 1.82) is 0 Å². The van der Waals surface area contributed by atoms with Crippen molar-refractivity contribution in [2.75, 3.05) is 18.0 Å². The van der Waals surface area contributed by atoms with Gasteiger partial charge in [0.05, 0.1) is 11.9 Å². The van der Waals surface area contributed by atoms with Crippen LogP contribution >= 0.6 is 0 Å². The summed E-state index contributed by atoms with van der Waals surface area (Å²) in [6.07, 6.45) is 4.80. The molecule has 2 heterocycles. The zero-order chi connectivity index (χ0) is 17.8. The lowest BCUT2D eigenvalue weighted by Crippen LogP contribution is -2.46. The van der Waals surface area contributed by atoms with E-state index in [-0.39, 0.29) is 11.9 Å². The number of nitrogens with zero attached hydrogens (tertiary/aromatic N) is 3. The van der Waals surface area contributed by atoms with E-state index in [1.165, 1.54) is 11.1 Å². The molecular formula is C18H23N5O2. The Hall–Kier alpha value is -2.83. The monoisotopic (exact) mass is 341 g/mol. The van der Waals surface area contributed by atoms with Crippen molar-refractivity contribution in [3.63, 3.8) is 0 Å². The summed E-state index contributed by atoms with van der Waals surface area (Å²) < 4.78 is 1.65. The minimum absolute atomic E-state index is 0.0955. The van der Waals surface area contributed by atoms with E-state index in [2.05, 4.69) is 21.8 Å². The van der Waals surface area contributed by atoms with E-state index in [9.17, 15) is 9.59 Å². The zero-order valence-corrected chi connectivity index (χ0v) is 14.5. The second kappa shape index (κ2) is 7.38. The molecule has 1 fully saturated rings. The lowest BCUT2D eigenvalue weighted by atomic mass is 10.1. The number of anilines is 1. The molecule has 1 aliphatic heterocycles. The second-order valence-electron chi connectivity index (χ2n) is 6.34. The molecule has 1 aromatic heterocycles. The molecular weight excluding hydrogens is 318 g/mol. The van der Waals surface area contributed by atoms with Crippen LogP contribution in [0.2, 0.25) is 0 Å². The molecule has 2 N–H and O–H groups in total. The predicted molar refractivity (Wildman–Crippen MR) is 95.4 cm³/mol. The number of hydrogen-bond donors (Lipinski definition) is 2. The average molecular weight is 341 g/mol. The molecule has 1 aromatic carbocycles. The third-order valence-corrected chi connectivity index (χ3v) is 4.30. The van der Waals surface area contributed by atoms with Crippen LogP contribution in [0, 0.1) is 6.92 Å². The second-order valence-corrected chi connectivity index (χ2v) is 6.34. The van der Waals surface area contributed by atoms with Gasteiger partial charge in [0.2, 0.25) is 5.91 Å². The van der Waals surface area contributed by atoms with Crippen LogP contribution in [-0.2, 0) is 18.3 Å². The van der Waals surface area contributed by atoms with Crippen molar-refractivity contribution in [2.45, 2.75) is 25.8 Å². The van der Waals surface area contributed by atoms with Gasteiger partial charge in [0.15, 0.2) is 0 Å². The Morgan fingerprint density at radius 2 is 2.24 bits per heavy atom. The molecule has 132 valence electrons. The molecule has 1 saturated heterocycles. The normalized spacial score (nSPS) is 17.0. The molecule has 1 atom stereocenters. The minimum Gasteiger partial charge on any atom is -0.338 e. The van der Waals surface area contributed by atoms with Crippen molar-refractivity contribution < 1.29 is 9.59 Å². The Balaban J connectivity index is 1.46. The SMILES string of the molecule is Cc1cccc(CCNC(=O)N[C@@H]2CCN(c3cnn(C)c3)C2=O)c1. The molecule has 0 aliphatic carbocycles. The van der Waals surface area contributed by atoms with E-state index in [1.54, 1.807) is 22.0 Å². The number of hydrogen-bond acceptors (Lipinski definition) is 3. The Kier molecular flexibility index (Phi) is 5.02. The number of aryl methyl sites for hydroxylation is 2. The van der Waals surface area contributed by atoms with Gasteiger partial charge in [0, 0.05) is 26.3 Å². The maximum absolute atomic E-state index is 12.4. The number of amides is 3. The van der Waals surface area contributed by atoms with E-state index in [4.69, 9.17) is 0 Å². The molecule has 7 heteroatoms. The van der Waals surface area contributed by atoms with Crippen LogP contribution in [-0.4, -0.2) is 40.9 Å². The number of nitrogens with one attached hydrogen (secondary N) is 2. The van der Waals surface area contributed by atoms with Crippen molar-refractivity contribution in [3.05, 3.63) is 47.8 Å². The van der Waals surface area contributed by atoms with Gasteiger partial charge in [0.1, 0.15) is 6.04 Å². The highest BCUT2D eigenvalue weighted by molar-refractivity contribution is 6.01. The van der Waals surface area contributed by atoms with Gasteiger partial charge in [-0.2, -0.15) is 5.10 Å². The highest BCUT2D eigenvalue weighted by Crippen LogP contribution is 2.20. The van der Waals surface area contributed by atoms with Crippen molar-refractivity contribution in [1.82, 2.24) is 20.4 Å². The number of urea groups is 1. The third-order valence-electron chi connectivity index (χ3n) is 4.30. The predicted octanol–water partition coefficient (Wildman–Crippen LogP) is 1.38. The summed E-state index contributed by atoms with van der Waals surface area (Å²) in [7, 11) is 1.81. The molecule has 3 amide bonds. The minimum atomic E-state index is -0.487. The largest absolute Gasteiger partial charge is 0.338 e. The Morgan fingerprint density at radius 3 is 2.96 bits per heavy atom. The quantitative estimate of drug-likeness (QED) is 0.862. The number of carbonyl (C=O) groups is 2. The lowest BCUT2D eigenvalue weighted by Gasteiger charge is -2.15. The van der Waals surface area contributed by atoms with Crippen LogP contribution in [0.25, 0.3) is 0 Å². The maximum atomic E-state index is 12.4. The lowest BCUT2D eigenvalue weighted by molar-refractivity contribution is -0.118. The fourth-order valence-corrected chi connectivity index (χ4v) is 3.02. The van der Waals surface area contributed by atoms with Gasteiger partial charge in [-0.15, -0.1) is 0 Å². The molecule has 0 radical (unpaired) electrons. The average Bonchev–Trinajstić information content (AvgIpc) is 3.14. The standard InChI is InChI=1S/C18H23N5O2/c1-13-4-3-5-14(10-13)6-8-19-18(25)21-16-7-9-23(17(16)24)15-11-20-22(2)12-15/h3-5,10-12,16H,6-9H2,1-2H3,(H2,19,21,25)/t16-/m1/s1. The highest BCUT2D eigenvalue weighted by atomic mass is 16.2. The molecule has 0 spiro atoms. The van der Waals surface area contributed by atoms with Gasteiger partial charge in [-0.1, -0.05) is 29.8 Å². The summed E-state index contributed by atoms with van der Waals surface area (Å²) in [5, 5.41) is 9.66. The van der Waals surface area contributed by atoms with Crippen molar-refractivity contribution >= 4 is 17.6 Å². The van der Waals surface area contributed by atoms with Gasteiger partial charge >= 0.3 is 6.03 Å². The number of rotatable bonds is 5. The van der Waals surface area contributed by atoms with Crippen LogP contribution in [0.4, 0.5) is 10.5 Å². The van der Waals surface area contributed by atoms with E-state index in [0.29, 0.717) is 19.5 Å². The molecule has 1 aliphatic rings. The van der Waals surface area contributed by atoms with E-state index in [1.807, 2.05) is 32.2 Å².